The van der Waals surface area contributed by atoms with Crippen LogP contribution in [0.5, 0.6) is 0 Å². The fourth-order valence-electron chi connectivity index (χ4n) is 3.32. The minimum absolute atomic E-state index is 0.292. The smallest absolute Gasteiger partial charge is 0.168 e. The Balaban J connectivity index is 1.79. The number of benzene rings is 2. The first-order chi connectivity index (χ1) is 13.7. The van der Waals surface area contributed by atoms with E-state index in [0.29, 0.717) is 13.2 Å². The van der Waals surface area contributed by atoms with Crippen molar-refractivity contribution in [2.45, 2.75) is 50.8 Å². The molecule has 7 nitrogen and oxygen atoms in total. The normalized spacial score (nSPS) is 27.1. The van der Waals surface area contributed by atoms with Gasteiger partial charge in [0.15, 0.2) is 6.29 Å². The van der Waals surface area contributed by atoms with Crippen LogP contribution in [0.2, 0.25) is 0 Å². The lowest BCUT2D eigenvalue weighted by molar-refractivity contribution is -0.267. The van der Waals surface area contributed by atoms with Crippen LogP contribution >= 0.6 is 0 Å². The van der Waals surface area contributed by atoms with Gasteiger partial charge in [-0.15, -0.1) is 0 Å². The lowest BCUT2D eigenvalue weighted by atomic mass is 9.97. The molecule has 1 saturated heterocycles. The summed E-state index contributed by atoms with van der Waals surface area (Å²) in [5, 5.41) is 3.89. The topological polar surface area (TPSA) is 85.7 Å². The molecule has 0 bridgehead atoms. The largest absolute Gasteiger partial charge is 0.370 e. The Labute approximate surface area is 164 Å². The van der Waals surface area contributed by atoms with E-state index in [4.69, 9.17) is 24.5 Å². The standard InChI is InChI=1S/C21H25N3O4/c1-15-19(26-13-16-9-5-3-6-10-16)20(18(23-24-22)21(25-2)28-15)27-14-17-11-7-4-8-12-17/h3-12,15,18-21H,13-14H2,1-2H3/t15?,18?,19-,20?,21-/m1/s1. The molecule has 2 aromatic carbocycles. The van der Waals surface area contributed by atoms with E-state index in [1.165, 1.54) is 7.11 Å². The van der Waals surface area contributed by atoms with Crippen molar-refractivity contribution in [1.82, 2.24) is 0 Å². The predicted octanol–water partition coefficient (Wildman–Crippen LogP) is 4.23. The van der Waals surface area contributed by atoms with Crippen molar-refractivity contribution < 1.29 is 18.9 Å². The summed E-state index contributed by atoms with van der Waals surface area (Å²) in [4.78, 5) is 2.97. The monoisotopic (exact) mass is 383 g/mol. The third-order valence-corrected chi connectivity index (χ3v) is 4.74. The Bertz CT molecular complexity index is 768. The lowest BCUT2D eigenvalue weighted by Gasteiger charge is -2.43. The number of hydrogen-bond donors (Lipinski definition) is 0. The first-order valence-electron chi connectivity index (χ1n) is 9.26. The number of methoxy groups -OCH3 is 1. The molecule has 1 aliphatic heterocycles. The van der Waals surface area contributed by atoms with Gasteiger partial charge in [0.25, 0.3) is 0 Å². The van der Waals surface area contributed by atoms with E-state index in [1.807, 2.05) is 67.6 Å². The molecule has 0 amide bonds. The highest BCUT2D eigenvalue weighted by atomic mass is 16.7. The second kappa shape index (κ2) is 10.2. The number of hydrogen-bond acceptors (Lipinski definition) is 5. The number of nitrogens with zero attached hydrogens (tertiary/aromatic N) is 3. The molecule has 148 valence electrons. The molecule has 0 saturated carbocycles. The minimum Gasteiger partial charge on any atom is -0.370 e. The van der Waals surface area contributed by atoms with Gasteiger partial charge in [0.2, 0.25) is 0 Å². The van der Waals surface area contributed by atoms with Crippen LogP contribution in [-0.2, 0) is 32.2 Å². The molecule has 0 aliphatic carbocycles. The van der Waals surface area contributed by atoms with Gasteiger partial charge in [0, 0.05) is 12.0 Å². The van der Waals surface area contributed by atoms with Crippen LogP contribution in [0.15, 0.2) is 65.8 Å². The highest BCUT2D eigenvalue weighted by Gasteiger charge is 2.45. The fourth-order valence-corrected chi connectivity index (χ4v) is 3.32. The lowest BCUT2D eigenvalue weighted by Crippen LogP contribution is -2.58. The van der Waals surface area contributed by atoms with Gasteiger partial charge in [-0.05, 0) is 23.6 Å². The molecular formula is C21H25N3O4. The Morgan fingerprint density at radius 1 is 0.929 bits per heavy atom. The zero-order chi connectivity index (χ0) is 19.8. The Kier molecular flexibility index (Phi) is 7.42. The van der Waals surface area contributed by atoms with Crippen LogP contribution in [0.25, 0.3) is 10.4 Å². The highest BCUT2D eigenvalue weighted by Crippen LogP contribution is 2.30. The Hall–Kier alpha value is -2.41. The van der Waals surface area contributed by atoms with Crippen LogP contribution in [0, 0.1) is 0 Å². The summed E-state index contributed by atoms with van der Waals surface area (Å²) < 4.78 is 23.6. The Morgan fingerprint density at radius 2 is 1.46 bits per heavy atom. The van der Waals surface area contributed by atoms with E-state index >= 15 is 0 Å². The third-order valence-electron chi connectivity index (χ3n) is 4.74. The van der Waals surface area contributed by atoms with Crippen molar-refractivity contribution in [3.63, 3.8) is 0 Å². The SMILES string of the molecule is CO[C@@H]1OC(C)[C@@H](OCc2ccccc2)C(OCc2ccccc2)C1N=[N+]=[N-]. The molecule has 1 heterocycles. The molecule has 0 radical (unpaired) electrons. The molecule has 3 unspecified atom stereocenters. The van der Waals surface area contributed by atoms with Crippen molar-refractivity contribution in [2.24, 2.45) is 5.11 Å². The molecule has 1 aliphatic rings. The first kappa shape index (κ1) is 20.3. The van der Waals surface area contributed by atoms with Gasteiger partial charge in [-0.3, -0.25) is 0 Å². The summed E-state index contributed by atoms with van der Waals surface area (Å²) in [5.41, 5.74) is 11.1. The maximum Gasteiger partial charge on any atom is 0.168 e. The third kappa shape index (κ3) is 5.10. The van der Waals surface area contributed by atoms with Crippen LogP contribution in [0.1, 0.15) is 18.1 Å². The summed E-state index contributed by atoms with van der Waals surface area (Å²) in [6, 6.07) is 19.1. The van der Waals surface area contributed by atoms with Gasteiger partial charge in [0.05, 0.1) is 19.3 Å². The van der Waals surface area contributed by atoms with E-state index in [2.05, 4.69) is 10.0 Å². The predicted molar refractivity (Wildman–Crippen MR) is 104 cm³/mol. The molecule has 7 heteroatoms. The van der Waals surface area contributed by atoms with Gasteiger partial charge >= 0.3 is 0 Å². The van der Waals surface area contributed by atoms with Crippen LogP contribution in [0.4, 0.5) is 0 Å². The van der Waals surface area contributed by atoms with Gasteiger partial charge in [0.1, 0.15) is 18.2 Å². The highest BCUT2D eigenvalue weighted by molar-refractivity contribution is 5.14. The van der Waals surface area contributed by atoms with E-state index < -0.39 is 24.5 Å². The summed E-state index contributed by atoms with van der Waals surface area (Å²) >= 11 is 0. The average Bonchev–Trinajstić information content (AvgIpc) is 2.74. The molecule has 0 aromatic heterocycles. The summed E-state index contributed by atoms with van der Waals surface area (Å²) in [6.45, 7) is 2.69. The number of azide groups is 1. The first-order valence-corrected chi connectivity index (χ1v) is 9.26. The molecule has 5 atom stereocenters. The van der Waals surface area contributed by atoms with Crippen molar-refractivity contribution in [2.75, 3.05) is 7.11 Å². The van der Waals surface area contributed by atoms with Crippen LogP contribution in [0.3, 0.4) is 0 Å². The van der Waals surface area contributed by atoms with Gasteiger partial charge in [-0.1, -0.05) is 65.8 Å². The molecule has 2 aromatic rings. The molecule has 0 spiro atoms. The van der Waals surface area contributed by atoms with Crippen molar-refractivity contribution in [3.8, 4) is 0 Å². The molecule has 3 rings (SSSR count). The van der Waals surface area contributed by atoms with Crippen molar-refractivity contribution in [1.29, 1.82) is 0 Å². The van der Waals surface area contributed by atoms with Gasteiger partial charge in [-0.2, -0.15) is 0 Å². The zero-order valence-corrected chi connectivity index (χ0v) is 16.0. The average molecular weight is 383 g/mol. The van der Waals surface area contributed by atoms with E-state index in [1.54, 1.807) is 0 Å². The van der Waals surface area contributed by atoms with E-state index in [9.17, 15) is 0 Å². The fraction of sp³-hybridized carbons (Fsp3) is 0.429. The zero-order valence-electron chi connectivity index (χ0n) is 16.0. The summed E-state index contributed by atoms with van der Waals surface area (Å²) in [5.74, 6) is 0. The quantitative estimate of drug-likeness (QED) is 0.388. The summed E-state index contributed by atoms with van der Waals surface area (Å²) in [7, 11) is 1.52. The van der Waals surface area contributed by atoms with Crippen molar-refractivity contribution >= 4 is 0 Å². The molecule has 28 heavy (non-hydrogen) atoms. The molecule has 1 fully saturated rings. The maximum absolute atomic E-state index is 9.05. The van der Waals surface area contributed by atoms with Gasteiger partial charge < -0.3 is 18.9 Å². The maximum atomic E-state index is 9.05. The van der Waals surface area contributed by atoms with Crippen LogP contribution < -0.4 is 0 Å². The molecule has 0 N–H and O–H groups in total. The van der Waals surface area contributed by atoms with E-state index in [0.717, 1.165) is 11.1 Å². The summed E-state index contributed by atoms with van der Waals surface area (Å²) in [6.07, 6.45) is -1.90. The Morgan fingerprint density at radius 3 is 1.96 bits per heavy atom. The minimum atomic E-state index is -0.691. The van der Waals surface area contributed by atoms with Crippen molar-refractivity contribution in [3.05, 3.63) is 82.2 Å². The van der Waals surface area contributed by atoms with Crippen LogP contribution in [-0.4, -0.2) is 37.8 Å². The molecular weight excluding hydrogens is 358 g/mol. The van der Waals surface area contributed by atoms with Gasteiger partial charge in [-0.25, -0.2) is 0 Å². The van der Waals surface area contributed by atoms with E-state index in [-0.39, 0.29) is 6.10 Å². The number of ether oxygens (including phenoxy) is 4. The second-order valence-corrected chi connectivity index (χ2v) is 6.66. The second-order valence-electron chi connectivity index (χ2n) is 6.66. The number of rotatable bonds is 8.